The smallest absolute Gasteiger partial charge is 0.248 e. The van der Waals surface area contributed by atoms with Gasteiger partial charge in [-0.1, -0.05) is 12.1 Å². The van der Waals surface area contributed by atoms with Gasteiger partial charge < -0.3 is 5.32 Å². The number of thioether (sulfide) groups is 1. The molecule has 2 rings (SSSR count). The van der Waals surface area contributed by atoms with Gasteiger partial charge in [0.2, 0.25) is 5.91 Å². The van der Waals surface area contributed by atoms with E-state index in [-0.39, 0.29) is 5.56 Å². The molecule has 2 nitrogen and oxygen atoms in total. The van der Waals surface area contributed by atoms with Gasteiger partial charge in [-0.2, -0.15) is 0 Å². The molecular formula is C16H13F2NOS. The van der Waals surface area contributed by atoms with Gasteiger partial charge in [0.25, 0.3) is 0 Å². The lowest BCUT2D eigenvalue weighted by atomic mass is 10.2. The Morgan fingerprint density at radius 3 is 2.48 bits per heavy atom. The summed E-state index contributed by atoms with van der Waals surface area (Å²) in [7, 11) is 0. The number of benzene rings is 2. The average molecular weight is 305 g/mol. The van der Waals surface area contributed by atoms with Crippen molar-refractivity contribution in [1.82, 2.24) is 0 Å². The van der Waals surface area contributed by atoms with Crippen molar-refractivity contribution in [2.24, 2.45) is 0 Å². The van der Waals surface area contributed by atoms with E-state index in [1.807, 2.05) is 24.5 Å². The maximum atomic E-state index is 13.4. The van der Waals surface area contributed by atoms with E-state index in [1.165, 1.54) is 6.07 Å². The van der Waals surface area contributed by atoms with Crippen LogP contribution in [-0.4, -0.2) is 12.2 Å². The highest BCUT2D eigenvalue weighted by Crippen LogP contribution is 2.19. The molecule has 108 valence electrons. The minimum Gasteiger partial charge on any atom is -0.322 e. The summed E-state index contributed by atoms with van der Waals surface area (Å²) in [6.45, 7) is 0. The fraction of sp³-hybridized carbons (Fsp3) is 0.0625. The van der Waals surface area contributed by atoms with Gasteiger partial charge in [0, 0.05) is 22.2 Å². The second kappa shape index (κ2) is 7.04. The van der Waals surface area contributed by atoms with Crippen molar-refractivity contribution in [3.63, 3.8) is 0 Å². The number of nitrogens with one attached hydrogen (secondary N) is 1. The van der Waals surface area contributed by atoms with E-state index in [9.17, 15) is 13.6 Å². The molecule has 21 heavy (non-hydrogen) atoms. The molecule has 5 heteroatoms. The van der Waals surface area contributed by atoms with Gasteiger partial charge in [-0.05, 0) is 42.7 Å². The molecule has 0 heterocycles. The molecule has 0 fully saturated rings. The molecule has 0 spiro atoms. The summed E-state index contributed by atoms with van der Waals surface area (Å²) in [5.41, 5.74) is 0.399. The van der Waals surface area contributed by atoms with Crippen molar-refractivity contribution >= 4 is 29.4 Å². The predicted octanol–water partition coefficient (Wildman–Crippen LogP) is 4.34. The largest absolute Gasteiger partial charge is 0.322 e. The summed E-state index contributed by atoms with van der Waals surface area (Å²) >= 11 is 1.56. The van der Waals surface area contributed by atoms with Crippen molar-refractivity contribution in [1.29, 1.82) is 0 Å². The molecule has 2 aromatic rings. The first-order chi connectivity index (χ1) is 10.1. The second-order valence-corrected chi connectivity index (χ2v) is 5.07. The predicted molar refractivity (Wildman–Crippen MR) is 82.2 cm³/mol. The van der Waals surface area contributed by atoms with Crippen molar-refractivity contribution in [2.45, 2.75) is 4.90 Å². The van der Waals surface area contributed by atoms with Crippen molar-refractivity contribution < 1.29 is 13.6 Å². The molecule has 1 N–H and O–H groups in total. The molecule has 0 bridgehead atoms. The second-order valence-electron chi connectivity index (χ2n) is 4.19. The molecule has 0 aromatic heterocycles. The zero-order chi connectivity index (χ0) is 15.2. The van der Waals surface area contributed by atoms with Crippen LogP contribution >= 0.6 is 11.8 Å². The Kier molecular flexibility index (Phi) is 5.11. The standard InChI is InChI=1S/C16H13F2NOS/c1-21-12-5-2-4-11(10-12)19-16(20)9-8-13-14(17)6-3-7-15(13)18/h2-10H,1H3,(H,19,20)/b9-8+. The minimum atomic E-state index is -0.705. The van der Waals surface area contributed by atoms with Crippen LogP contribution in [0.5, 0.6) is 0 Å². The third-order valence-corrected chi connectivity index (χ3v) is 3.46. The van der Waals surface area contributed by atoms with Crippen LogP contribution in [0.25, 0.3) is 6.08 Å². The highest BCUT2D eigenvalue weighted by Gasteiger charge is 2.05. The van der Waals surface area contributed by atoms with Crippen molar-refractivity contribution in [2.75, 3.05) is 11.6 Å². The minimum absolute atomic E-state index is 0.231. The van der Waals surface area contributed by atoms with E-state index < -0.39 is 17.5 Å². The van der Waals surface area contributed by atoms with E-state index in [2.05, 4.69) is 5.32 Å². The van der Waals surface area contributed by atoms with Crippen LogP contribution in [0.15, 0.2) is 53.4 Å². The molecule has 0 aliphatic rings. The number of hydrogen-bond acceptors (Lipinski definition) is 2. The van der Waals surface area contributed by atoms with Gasteiger partial charge in [0.1, 0.15) is 11.6 Å². The monoisotopic (exact) mass is 305 g/mol. The SMILES string of the molecule is CSc1cccc(NC(=O)/C=C/c2c(F)cccc2F)c1. The molecule has 1 amide bonds. The van der Waals surface area contributed by atoms with Crippen LogP contribution in [0.1, 0.15) is 5.56 Å². The van der Waals surface area contributed by atoms with Crippen LogP contribution in [0.4, 0.5) is 14.5 Å². The summed E-state index contributed by atoms with van der Waals surface area (Å²) in [6.07, 6.45) is 4.16. The van der Waals surface area contributed by atoms with Crippen LogP contribution in [0.3, 0.4) is 0 Å². The van der Waals surface area contributed by atoms with Gasteiger partial charge >= 0.3 is 0 Å². The third kappa shape index (κ3) is 4.16. The van der Waals surface area contributed by atoms with Crippen LogP contribution in [-0.2, 0) is 4.79 Å². The lowest BCUT2D eigenvalue weighted by Crippen LogP contribution is -2.07. The molecule has 0 saturated carbocycles. The first kappa shape index (κ1) is 15.3. The molecular weight excluding hydrogens is 292 g/mol. The first-order valence-corrected chi connectivity index (χ1v) is 7.40. The number of anilines is 1. The van der Waals surface area contributed by atoms with Gasteiger partial charge in [0.15, 0.2) is 0 Å². The molecule has 0 saturated heterocycles. The summed E-state index contributed by atoms with van der Waals surface area (Å²) in [5.74, 6) is -1.86. The van der Waals surface area contributed by atoms with Gasteiger partial charge in [-0.25, -0.2) is 8.78 Å². The Morgan fingerprint density at radius 2 is 1.81 bits per heavy atom. The Bertz CT molecular complexity index is 665. The lowest BCUT2D eigenvalue weighted by molar-refractivity contribution is -0.111. The third-order valence-electron chi connectivity index (χ3n) is 2.74. The zero-order valence-corrected chi connectivity index (χ0v) is 12.1. The fourth-order valence-corrected chi connectivity index (χ4v) is 2.17. The van der Waals surface area contributed by atoms with E-state index >= 15 is 0 Å². The van der Waals surface area contributed by atoms with Crippen LogP contribution in [0, 0.1) is 11.6 Å². The normalized spacial score (nSPS) is 10.8. The summed E-state index contributed by atoms with van der Waals surface area (Å²) in [5, 5.41) is 2.64. The fourth-order valence-electron chi connectivity index (χ4n) is 1.71. The summed E-state index contributed by atoms with van der Waals surface area (Å²) in [4.78, 5) is 12.8. The van der Waals surface area contributed by atoms with Crippen LogP contribution in [0.2, 0.25) is 0 Å². The highest BCUT2D eigenvalue weighted by molar-refractivity contribution is 7.98. The number of hydrogen-bond donors (Lipinski definition) is 1. The van der Waals surface area contributed by atoms with E-state index in [0.29, 0.717) is 5.69 Å². The molecule has 0 aliphatic carbocycles. The quantitative estimate of drug-likeness (QED) is 0.672. The van der Waals surface area contributed by atoms with E-state index in [1.54, 1.807) is 17.8 Å². The van der Waals surface area contributed by atoms with Crippen LogP contribution < -0.4 is 5.32 Å². The average Bonchev–Trinajstić information content (AvgIpc) is 2.47. The van der Waals surface area contributed by atoms with Crippen molar-refractivity contribution in [3.8, 4) is 0 Å². The maximum Gasteiger partial charge on any atom is 0.248 e. The summed E-state index contributed by atoms with van der Waals surface area (Å²) < 4.78 is 26.8. The number of halogens is 2. The number of carbonyl (C=O) groups excluding carboxylic acids is 1. The molecule has 0 aliphatic heterocycles. The van der Waals surface area contributed by atoms with Crippen molar-refractivity contribution in [3.05, 3.63) is 65.7 Å². The molecule has 0 radical (unpaired) electrons. The molecule has 2 aromatic carbocycles. The summed E-state index contributed by atoms with van der Waals surface area (Å²) in [6, 6.07) is 10.9. The van der Waals surface area contributed by atoms with Gasteiger partial charge in [0.05, 0.1) is 0 Å². The van der Waals surface area contributed by atoms with E-state index in [4.69, 9.17) is 0 Å². The number of rotatable bonds is 4. The molecule has 0 unspecified atom stereocenters. The molecule has 0 atom stereocenters. The Labute approximate surface area is 125 Å². The Hall–Kier alpha value is -2.14. The van der Waals surface area contributed by atoms with Gasteiger partial charge in [-0.3, -0.25) is 4.79 Å². The Morgan fingerprint density at radius 1 is 1.14 bits per heavy atom. The van der Waals surface area contributed by atoms with Gasteiger partial charge in [-0.15, -0.1) is 11.8 Å². The highest BCUT2D eigenvalue weighted by atomic mass is 32.2. The first-order valence-electron chi connectivity index (χ1n) is 6.17. The van der Waals surface area contributed by atoms with E-state index in [0.717, 1.165) is 29.2 Å². The zero-order valence-electron chi connectivity index (χ0n) is 11.3. The topological polar surface area (TPSA) is 29.1 Å². The Balaban J connectivity index is 2.09. The lowest BCUT2D eigenvalue weighted by Gasteiger charge is -2.04. The number of amides is 1. The maximum absolute atomic E-state index is 13.4. The number of carbonyl (C=O) groups is 1.